The Labute approximate surface area is 106 Å². The molecule has 3 nitrogen and oxygen atoms in total. The molecule has 1 rings (SSSR count). The molecule has 0 spiro atoms. The summed E-state index contributed by atoms with van der Waals surface area (Å²) in [4.78, 5) is -0.362. The number of hydrogen-bond donors (Lipinski definition) is 1. The predicted octanol–water partition coefficient (Wildman–Crippen LogP) is 2.52. The number of benzene rings is 1. The Bertz CT molecular complexity index is 485. The standard InChI is InChI=1S/C12H17F2NO2S/c1-3-11(15)8(2)9-4-6-10(7-5-9)18(16,17)12(13)14/h4-8,11-12H,3,15H2,1-2H3. The molecule has 18 heavy (non-hydrogen) atoms. The SMILES string of the molecule is CCC(N)C(C)c1ccc(S(=O)(=O)C(F)F)cc1. The van der Waals surface area contributed by atoms with Crippen LogP contribution in [0.1, 0.15) is 31.7 Å². The lowest BCUT2D eigenvalue weighted by Gasteiger charge is -2.18. The van der Waals surface area contributed by atoms with E-state index in [9.17, 15) is 17.2 Å². The first-order valence-corrected chi connectivity index (χ1v) is 7.23. The minimum Gasteiger partial charge on any atom is -0.327 e. The molecule has 0 aliphatic heterocycles. The van der Waals surface area contributed by atoms with Crippen molar-refractivity contribution in [1.82, 2.24) is 0 Å². The highest BCUT2D eigenvalue weighted by Gasteiger charge is 2.26. The van der Waals surface area contributed by atoms with Crippen LogP contribution < -0.4 is 5.73 Å². The molecule has 0 aromatic heterocycles. The van der Waals surface area contributed by atoms with Crippen LogP contribution in [-0.2, 0) is 9.84 Å². The number of alkyl halides is 2. The Morgan fingerprint density at radius 3 is 2.11 bits per heavy atom. The topological polar surface area (TPSA) is 60.2 Å². The molecule has 1 aromatic carbocycles. The fourth-order valence-corrected chi connectivity index (χ4v) is 2.39. The third kappa shape index (κ3) is 3.05. The van der Waals surface area contributed by atoms with Crippen LogP contribution in [0.4, 0.5) is 8.78 Å². The van der Waals surface area contributed by atoms with E-state index < -0.39 is 15.6 Å². The van der Waals surface area contributed by atoms with Gasteiger partial charge in [-0.1, -0.05) is 26.0 Å². The molecule has 0 aliphatic carbocycles. The van der Waals surface area contributed by atoms with E-state index in [0.29, 0.717) is 0 Å². The van der Waals surface area contributed by atoms with E-state index in [4.69, 9.17) is 5.73 Å². The fraction of sp³-hybridized carbons (Fsp3) is 0.500. The second-order valence-electron chi connectivity index (χ2n) is 4.24. The first-order chi connectivity index (χ1) is 8.30. The molecular formula is C12H17F2NO2S. The zero-order chi connectivity index (χ0) is 13.9. The van der Waals surface area contributed by atoms with E-state index in [0.717, 1.165) is 12.0 Å². The summed E-state index contributed by atoms with van der Waals surface area (Å²) in [6.07, 6.45) is 0.790. The highest BCUT2D eigenvalue weighted by Crippen LogP contribution is 2.23. The van der Waals surface area contributed by atoms with Crippen LogP contribution in [0.3, 0.4) is 0 Å². The van der Waals surface area contributed by atoms with E-state index in [2.05, 4.69) is 0 Å². The van der Waals surface area contributed by atoms with Crippen molar-refractivity contribution in [3.8, 4) is 0 Å². The number of halogens is 2. The molecule has 0 amide bonds. The van der Waals surface area contributed by atoms with Crippen molar-refractivity contribution in [2.45, 2.75) is 42.9 Å². The molecule has 2 N–H and O–H groups in total. The molecular weight excluding hydrogens is 260 g/mol. The van der Waals surface area contributed by atoms with Crippen molar-refractivity contribution < 1.29 is 17.2 Å². The van der Waals surface area contributed by atoms with Crippen molar-refractivity contribution >= 4 is 9.84 Å². The minimum atomic E-state index is -4.51. The quantitative estimate of drug-likeness (QED) is 0.899. The first-order valence-electron chi connectivity index (χ1n) is 5.68. The summed E-state index contributed by atoms with van der Waals surface area (Å²) in [5.74, 6) is -3.34. The van der Waals surface area contributed by atoms with Gasteiger partial charge in [0, 0.05) is 6.04 Å². The summed E-state index contributed by atoms with van der Waals surface area (Å²) >= 11 is 0. The summed E-state index contributed by atoms with van der Waals surface area (Å²) in [7, 11) is -4.51. The van der Waals surface area contributed by atoms with Gasteiger partial charge in [-0.25, -0.2) is 8.42 Å². The lowest BCUT2D eigenvalue weighted by atomic mass is 9.92. The zero-order valence-corrected chi connectivity index (χ0v) is 11.1. The van der Waals surface area contributed by atoms with Crippen molar-refractivity contribution in [2.75, 3.05) is 0 Å². The normalized spacial score (nSPS) is 15.7. The Kier molecular flexibility index (Phi) is 4.81. The van der Waals surface area contributed by atoms with Gasteiger partial charge in [-0.3, -0.25) is 0 Å². The lowest BCUT2D eigenvalue weighted by Crippen LogP contribution is -2.25. The fourth-order valence-electron chi connectivity index (χ4n) is 1.66. The highest BCUT2D eigenvalue weighted by atomic mass is 32.2. The molecule has 1 aromatic rings. The van der Waals surface area contributed by atoms with Gasteiger partial charge in [0.1, 0.15) is 0 Å². The molecule has 0 saturated carbocycles. The van der Waals surface area contributed by atoms with Gasteiger partial charge in [-0.05, 0) is 30.0 Å². The molecule has 2 unspecified atom stereocenters. The van der Waals surface area contributed by atoms with Gasteiger partial charge in [0.25, 0.3) is 0 Å². The largest absolute Gasteiger partial charge is 0.341 e. The zero-order valence-electron chi connectivity index (χ0n) is 10.3. The maximum atomic E-state index is 12.3. The number of nitrogens with two attached hydrogens (primary N) is 1. The van der Waals surface area contributed by atoms with Gasteiger partial charge >= 0.3 is 5.76 Å². The molecule has 0 saturated heterocycles. The third-order valence-electron chi connectivity index (χ3n) is 3.08. The van der Waals surface area contributed by atoms with E-state index in [1.807, 2.05) is 13.8 Å². The van der Waals surface area contributed by atoms with Crippen LogP contribution in [0.5, 0.6) is 0 Å². The molecule has 102 valence electrons. The summed E-state index contributed by atoms with van der Waals surface area (Å²) in [5, 5.41) is 0. The van der Waals surface area contributed by atoms with E-state index in [1.165, 1.54) is 24.3 Å². The van der Waals surface area contributed by atoms with Gasteiger partial charge in [0.2, 0.25) is 9.84 Å². The maximum absolute atomic E-state index is 12.3. The Balaban J connectivity index is 3.01. The van der Waals surface area contributed by atoms with Crippen molar-refractivity contribution in [2.24, 2.45) is 5.73 Å². The summed E-state index contributed by atoms with van der Waals surface area (Å²) < 4.78 is 47.1. The number of sulfone groups is 1. The minimum absolute atomic E-state index is 0.0393. The van der Waals surface area contributed by atoms with Crippen LogP contribution >= 0.6 is 0 Å². The van der Waals surface area contributed by atoms with Crippen LogP contribution in [0, 0.1) is 0 Å². The Morgan fingerprint density at radius 2 is 1.72 bits per heavy atom. The Hall–Kier alpha value is -1.01. The third-order valence-corrected chi connectivity index (χ3v) is 4.48. The van der Waals surface area contributed by atoms with Crippen molar-refractivity contribution in [1.29, 1.82) is 0 Å². The van der Waals surface area contributed by atoms with E-state index in [1.54, 1.807) is 0 Å². The van der Waals surface area contributed by atoms with E-state index >= 15 is 0 Å². The summed E-state index contributed by atoms with van der Waals surface area (Å²) in [6.45, 7) is 3.88. The Morgan fingerprint density at radius 1 is 1.22 bits per heavy atom. The molecule has 0 radical (unpaired) electrons. The van der Waals surface area contributed by atoms with Gasteiger partial charge in [0.15, 0.2) is 0 Å². The summed E-state index contributed by atoms with van der Waals surface area (Å²) in [6, 6.07) is 5.44. The van der Waals surface area contributed by atoms with Crippen LogP contribution in [-0.4, -0.2) is 20.2 Å². The van der Waals surface area contributed by atoms with Crippen LogP contribution in [0.25, 0.3) is 0 Å². The highest BCUT2D eigenvalue weighted by molar-refractivity contribution is 7.91. The number of hydrogen-bond acceptors (Lipinski definition) is 3. The molecule has 0 aliphatic rings. The van der Waals surface area contributed by atoms with Crippen LogP contribution in [0.2, 0.25) is 0 Å². The molecule has 0 bridgehead atoms. The molecule has 2 atom stereocenters. The first kappa shape index (κ1) is 15.0. The number of rotatable bonds is 5. The molecule has 6 heteroatoms. The monoisotopic (exact) mass is 277 g/mol. The molecule has 0 heterocycles. The average Bonchev–Trinajstić information content (AvgIpc) is 2.36. The van der Waals surface area contributed by atoms with Crippen molar-refractivity contribution in [3.63, 3.8) is 0 Å². The van der Waals surface area contributed by atoms with E-state index in [-0.39, 0.29) is 16.9 Å². The predicted molar refractivity (Wildman–Crippen MR) is 66.3 cm³/mol. The lowest BCUT2D eigenvalue weighted by molar-refractivity contribution is 0.234. The summed E-state index contributed by atoms with van der Waals surface area (Å²) in [5.41, 5.74) is 6.73. The van der Waals surface area contributed by atoms with Crippen LogP contribution in [0.15, 0.2) is 29.2 Å². The smallest absolute Gasteiger partial charge is 0.327 e. The van der Waals surface area contributed by atoms with Crippen molar-refractivity contribution in [3.05, 3.63) is 29.8 Å². The molecule has 0 fully saturated rings. The van der Waals surface area contributed by atoms with Gasteiger partial charge in [-0.2, -0.15) is 8.78 Å². The van der Waals surface area contributed by atoms with Gasteiger partial charge < -0.3 is 5.73 Å². The average molecular weight is 277 g/mol. The second-order valence-corrected chi connectivity index (χ2v) is 6.15. The maximum Gasteiger partial charge on any atom is 0.341 e. The van der Waals surface area contributed by atoms with Gasteiger partial charge in [0.05, 0.1) is 4.90 Å². The van der Waals surface area contributed by atoms with Gasteiger partial charge in [-0.15, -0.1) is 0 Å². The second kappa shape index (κ2) is 5.75.